The van der Waals surface area contributed by atoms with E-state index in [9.17, 15) is 5.11 Å². The molecular weight excluding hydrogens is 266 g/mol. The van der Waals surface area contributed by atoms with Crippen molar-refractivity contribution in [2.45, 2.75) is 32.8 Å². The van der Waals surface area contributed by atoms with Crippen molar-refractivity contribution in [1.82, 2.24) is 4.90 Å². The molecule has 0 spiro atoms. The van der Waals surface area contributed by atoms with Crippen molar-refractivity contribution in [2.24, 2.45) is 0 Å². The van der Waals surface area contributed by atoms with Gasteiger partial charge < -0.3 is 14.6 Å². The standard InChI is InChI=1S/C17H27NO3/c1-14-5-3-7-17(15(14)2)21-12-11-20-10-9-18-8-4-6-16(19)13-18/h3,5,7,16,19H,4,6,8-13H2,1-2H3. The van der Waals surface area contributed by atoms with Gasteiger partial charge in [-0.1, -0.05) is 12.1 Å². The van der Waals surface area contributed by atoms with Gasteiger partial charge in [-0.15, -0.1) is 0 Å². The van der Waals surface area contributed by atoms with Crippen molar-refractivity contribution in [3.8, 4) is 5.75 Å². The van der Waals surface area contributed by atoms with Gasteiger partial charge in [0.05, 0.1) is 19.3 Å². The molecule has 0 bridgehead atoms. The Balaban J connectivity index is 1.57. The normalized spacial score (nSPS) is 19.7. The predicted molar refractivity (Wildman–Crippen MR) is 83.9 cm³/mol. The second-order valence-corrected chi connectivity index (χ2v) is 5.76. The highest BCUT2D eigenvalue weighted by Gasteiger charge is 2.16. The van der Waals surface area contributed by atoms with Gasteiger partial charge in [0, 0.05) is 13.1 Å². The molecule has 1 aliphatic heterocycles. The molecule has 0 radical (unpaired) electrons. The Morgan fingerprint density at radius 2 is 2.10 bits per heavy atom. The second kappa shape index (κ2) is 8.37. The van der Waals surface area contributed by atoms with Crippen LogP contribution in [-0.4, -0.2) is 55.6 Å². The fourth-order valence-corrected chi connectivity index (χ4v) is 2.62. The van der Waals surface area contributed by atoms with Crippen LogP contribution < -0.4 is 4.74 Å². The number of β-amino-alcohol motifs (C(OH)–C–C–N with tert-alkyl or cyclic N) is 1. The van der Waals surface area contributed by atoms with Crippen LogP contribution in [0.4, 0.5) is 0 Å². The molecule has 0 aliphatic carbocycles. The van der Waals surface area contributed by atoms with E-state index in [0.717, 1.165) is 38.2 Å². The molecule has 1 atom stereocenters. The first-order valence-electron chi connectivity index (χ1n) is 7.84. The molecule has 1 aromatic rings. The topological polar surface area (TPSA) is 41.9 Å². The molecule has 0 aromatic heterocycles. The van der Waals surface area contributed by atoms with Crippen LogP contribution in [-0.2, 0) is 4.74 Å². The third-order valence-electron chi connectivity index (χ3n) is 4.07. The van der Waals surface area contributed by atoms with Gasteiger partial charge in [-0.2, -0.15) is 0 Å². The maximum atomic E-state index is 9.59. The molecule has 0 amide bonds. The first kappa shape index (κ1) is 16.3. The number of benzene rings is 1. The second-order valence-electron chi connectivity index (χ2n) is 5.76. The number of rotatable bonds is 7. The summed E-state index contributed by atoms with van der Waals surface area (Å²) >= 11 is 0. The van der Waals surface area contributed by atoms with Crippen molar-refractivity contribution < 1.29 is 14.6 Å². The largest absolute Gasteiger partial charge is 0.491 e. The predicted octanol–water partition coefficient (Wildman–Crippen LogP) is 2.16. The zero-order valence-corrected chi connectivity index (χ0v) is 13.2. The van der Waals surface area contributed by atoms with Crippen LogP contribution in [0.15, 0.2) is 18.2 Å². The highest BCUT2D eigenvalue weighted by Crippen LogP contribution is 2.20. The third-order valence-corrected chi connectivity index (χ3v) is 4.07. The van der Waals surface area contributed by atoms with Gasteiger partial charge in [0.2, 0.25) is 0 Å². The summed E-state index contributed by atoms with van der Waals surface area (Å²) in [7, 11) is 0. The Bertz CT molecular complexity index is 436. The Morgan fingerprint density at radius 1 is 1.24 bits per heavy atom. The number of hydrogen-bond acceptors (Lipinski definition) is 4. The fourth-order valence-electron chi connectivity index (χ4n) is 2.62. The van der Waals surface area contributed by atoms with E-state index in [-0.39, 0.29) is 6.10 Å². The molecule has 1 aliphatic rings. The average Bonchev–Trinajstić information content (AvgIpc) is 2.47. The molecule has 1 aromatic carbocycles. The van der Waals surface area contributed by atoms with Gasteiger partial charge in [-0.3, -0.25) is 4.90 Å². The van der Waals surface area contributed by atoms with Gasteiger partial charge in [0.25, 0.3) is 0 Å². The number of hydrogen-bond donors (Lipinski definition) is 1. The van der Waals surface area contributed by atoms with Gasteiger partial charge in [-0.05, 0) is 50.4 Å². The number of piperidine rings is 1. The molecule has 1 heterocycles. The van der Waals surface area contributed by atoms with Gasteiger partial charge in [0.1, 0.15) is 12.4 Å². The molecule has 1 saturated heterocycles. The summed E-state index contributed by atoms with van der Waals surface area (Å²) in [6.45, 7) is 8.78. The molecule has 1 fully saturated rings. The van der Waals surface area contributed by atoms with E-state index < -0.39 is 0 Å². The molecule has 1 N–H and O–H groups in total. The number of aliphatic hydroxyl groups is 1. The van der Waals surface area contributed by atoms with E-state index in [0.29, 0.717) is 19.8 Å². The van der Waals surface area contributed by atoms with E-state index in [4.69, 9.17) is 9.47 Å². The fraction of sp³-hybridized carbons (Fsp3) is 0.647. The Labute approximate surface area is 127 Å². The average molecular weight is 293 g/mol. The lowest BCUT2D eigenvalue weighted by atomic mass is 10.1. The van der Waals surface area contributed by atoms with E-state index in [1.807, 2.05) is 12.1 Å². The first-order valence-corrected chi connectivity index (χ1v) is 7.84. The van der Waals surface area contributed by atoms with Crippen LogP contribution in [0.5, 0.6) is 5.75 Å². The summed E-state index contributed by atoms with van der Waals surface area (Å²) < 4.78 is 11.4. The lowest BCUT2D eigenvalue weighted by Gasteiger charge is -2.29. The lowest BCUT2D eigenvalue weighted by Crippen LogP contribution is -2.40. The van der Waals surface area contributed by atoms with Crippen molar-refractivity contribution in [3.05, 3.63) is 29.3 Å². The highest BCUT2D eigenvalue weighted by atomic mass is 16.5. The Morgan fingerprint density at radius 3 is 2.90 bits per heavy atom. The number of aliphatic hydroxyl groups excluding tert-OH is 1. The Kier molecular flexibility index (Phi) is 6.49. The van der Waals surface area contributed by atoms with Crippen molar-refractivity contribution in [1.29, 1.82) is 0 Å². The van der Waals surface area contributed by atoms with Crippen LogP contribution in [0, 0.1) is 13.8 Å². The van der Waals surface area contributed by atoms with Crippen LogP contribution in [0.3, 0.4) is 0 Å². The number of ether oxygens (including phenoxy) is 2. The molecule has 2 rings (SSSR count). The van der Waals surface area contributed by atoms with E-state index in [1.54, 1.807) is 0 Å². The summed E-state index contributed by atoms with van der Waals surface area (Å²) in [5.74, 6) is 0.942. The van der Waals surface area contributed by atoms with Crippen molar-refractivity contribution in [2.75, 3.05) is 39.5 Å². The summed E-state index contributed by atoms with van der Waals surface area (Å²) in [5, 5.41) is 9.59. The summed E-state index contributed by atoms with van der Waals surface area (Å²) in [6.07, 6.45) is 1.85. The molecular formula is C17H27NO3. The minimum atomic E-state index is -0.161. The van der Waals surface area contributed by atoms with Crippen molar-refractivity contribution in [3.63, 3.8) is 0 Å². The summed E-state index contributed by atoms with van der Waals surface area (Å²) in [5.41, 5.74) is 2.44. The maximum absolute atomic E-state index is 9.59. The zero-order chi connectivity index (χ0) is 15.1. The lowest BCUT2D eigenvalue weighted by molar-refractivity contribution is 0.0386. The quantitative estimate of drug-likeness (QED) is 0.782. The maximum Gasteiger partial charge on any atom is 0.122 e. The third kappa shape index (κ3) is 5.30. The smallest absolute Gasteiger partial charge is 0.122 e. The minimum absolute atomic E-state index is 0.161. The summed E-state index contributed by atoms with van der Waals surface area (Å²) in [6, 6.07) is 6.10. The van der Waals surface area contributed by atoms with Crippen molar-refractivity contribution >= 4 is 0 Å². The van der Waals surface area contributed by atoms with Gasteiger partial charge in [-0.25, -0.2) is 0 Å². The monoisotopic (exact) mass is 293 g/mol. The summed E-state index contributed by atoms with van der Waals surface area (Å²) in [4.78, 5) is 2.26. The molecule has 0 saturated carbocycles. The highest BCUT2D eigenvalue weighted by molar-refractivity contribution is 5.38. The first-order chi connectivity index (χ1) is 10.2. The molecule has 1 unspecified atom stereocenters. The van der Waals surface area contributed by atoms with Crippen LogP contribution in [0.2, 0.25) is 0 Å². The minimum Gasteiger partial charge on any atom is -0.491 e. The van der Waals surface area contributed by atoms with E-state index in [1.165, 1.54) is 11.1 Å². The van der Waals surface area contributed by atoms with Gasteiger partial charge >= 0.3 is 0 Å². The van der Waals surface area contributed by atoms with Gasteiger partial charge in [0.15, 0.2) is 0 Å². The molecule has 21 heavy (non-hydrogen) atoms. The van der Waals surface area contributed by atoms with E-state index >= 15 is 0 Å². The SMILES string of the molecule is Cc1cccc(OCCOCCN2CCCC(O)C2)c1C. The zero-order valence-electron chi connectivity index (χ0n) is 13.2. The molecule has 4 nitrogen and oxygen atoms in total. The molecule has 118 valence electrons. The van der Waals surface area contributed by atoms with Crippen LogP contribution in [0.25, 0.3) is 0 Å². The van der Waals surface area contributed by atoms with E-state index in [2.05, 4.69) is 24.8 Å². The number of aryl methyl sites for hydroxylation is 1. The van der Waals surface area contributed by atoms with Crippen LogP contribution in [0.1, 0.15) is 24.0 Å². The van der Waals surface area contributed by atoms with Crippen LogP contribution >= 0.6 is 0 Å². The Hall–Kier alpha value is -1.10. The number of likely N-dealkylation sites (tertiary alicyclic amines) is 1. The number of nitrogens with zero attached hydrogens (tertiary/aromatic N) is 1. The molecule has 4 heteroatoms.